The third-order valence-corrected chi connectivity index (χ3v) is 8.24. The van der Waals surface area contributed by atoms with Gasteiger partial charge in [0.15, 0.2) is 0 Å². The summed E-state index contributed by atoms with van der Waals surface area (Å²) in [6.45, 7) is 1.82. The van der Waals surface area contributed by atoms with E-state index < -0.39 is 0 Å². The molecule has 7 heteroatoms. The molecule has 0 saturated carbocycles. The van der Waals surface area contributed by atoms with Crippen molar-refractivity contribution in [1.29, 1.82) is 0 Å². The van der Waals surface area contributed by atoms with Crippen LogP contribution in [0.5, 0.6) is 0 Å². The molecule has 0 aliphatic rings. The number of hydrogen-bond acceptors (Lipinski definition) is 2. The molecule has 120 valence electrons. The van der Waals surface area contributed by atoms with Crippen LogP contribution in [0.3, 0.4) is 0 Å². The van der Waals surface area contributed by atoms with E-state index in [1.54, 1.807) is 0 Å². The Labute approximate surface area is 168 Å². The molecular formula is C16H13Br4N3. The summed E-state index contributed by atoms with van der Waals surface area (Å²) in [4.78, 5) is 4.53. The zero-order valence-corrected chi connectivity index (χ0v) is 18.3. The number of fused-ring (bicyclic) bond motifs is 1. The van der Waals surface area contributed by atoms with Crippen LogP contribution < -0.4 is 5.32 Å². The molecule has 0 amide bonds. The van der Waals surface area contributed by atoms with Gasteiger partial charge in [0.1, 0.15) is 5.52 Å². The topological polar surface area (TPSA) is 29.9 Å². The van der Waals surface area contributed by atoms with Crippen LogP contribution in [0.15, 0.2) is 54.6 Å². The molecule has 3 aromatic rings. The van der Waals surface area contributed by atoms with Crippen molar-refractivity contribution in [2.45, 2.75) is 13.0 Å². The van der Waals surface area contributed by atoms with Gasteiger partial charge in [0.25, 0.3) is 0 Å². The Bertz CT molecular complexity index is 830. The van der Waals surface area contributed by atoms with Crippen molar-refractivity contribution in [3.63, 3.8) is 0 Å². The Balaban J connectivity index is 1.74. The Kier molecular flexibility index (Phi) is 5.82. The highest BCUT2D eigenvalue weighted by atomic mass is 79.9. The van der Waals surface area contributed by atoms with Gasteiger partial charge in [-0.1, -0.05) is 18.2 Å². The molecule has 0 bridgehead atoms. The molecule has 0 saturated heterocycles. The van der Waals surface area contributed by atoms with E-state index in [4.69, 9.17) is 0 Å². The van der Waals surface area contributed by atoms with Crippen molar-refractivity contribution in [2.24, 2.45) is 0 Å². The highest BCUT2D eigenvalue weighted by Gasteiger charge is 2.17. The van der Waals surface area contributed by atoms with Gasteiger partial charge in [-0.15, -0.1) is 0 Å². The standard InChI is InChI=1S/C16H13Br4N3/c17-11-12(18)14(20)16-15(13(11)19)22-9-23(16)8-4-7-21-10-5-2-1-3-6-10/h1-3,5-6,9,21H,4,7-8H2. The molecule has 23 heavy (non-hydrogen) atoms. The highest BCUT2D eigenvalue weighted by molar-refractivity contribution is 9.15. The highest BCUT2D eigenvalue weighted by Crippen LogP contribution is 2.42. The lowest BCUT2D eigenvalue weighted by Crippen LogP contribution is -2.06. The molecule has 0 aliphatic heterocycles. The van der Waals surface area contributed by atoms with Gasteiger partial charge in [0.2, 0.25) is 0 Å². The summed E-state index contributed by atoms with van der Waals surface area (Å²) >= 11 is 14.4. The first-order chi connectivity index (χ1) is 11.1. The van der Waals surface area contributed by atoms with Gasteiger partial charge < -0.3 is 9.88 Å². The minimum absolute atomic E-state index is 0.898. The van der Waals surface area contributed by atoms with Gasteiger partial charge in [0.05, 0.1) is 20.8 Å². The molecule has 0 unspecified atom stereocenters. The molecule has 3 rings (SSSR count). The predicted molar refractivity (Wildman–Crippen MR) is 110 cm³/mol. The van der Waals surface area contributed by atoms with Crippen LogP contribution in [0.2, 0.25) is 0 Å². The maximum Gasteiger partial charge on any atom is 0.105 e. The summed E-state index contributed by atoms with van der Waals surface area (Å²) in [6, 6.07) is 10.3. The summed E-state index contributed by atoms with van der Waals surface area (Å²) in [6.07, 6.45) is 2.90. The predicted octanol–water partition coefficient (Wildman–Crippen LogP) is 6.59. The quantitative estimate of drug-likeness (QED) is 0.215. The van der Waals surface area contributed by atoms with Crippen LogP contribution in [-0.4, -0.2) is 16.1 Å². The number of halogens is 4. The van der Waals surface area contributed by atoms with E-state index in [2.05, 4.69) is 90.7 Å². The molecule has 0 atom stereocenters. The van der Waals surface area contributed by atoms with Gasteiger partial charge in [-0.25, -0.2) is 4.98 Å². The van der Waals surface area contributed by atoms with E-state index in [9.17, 15) is 0 Å². The van der Waals surface area contributed by atoms with Crippen molar-refractivity contribution < 1.29 is 0 Å². The zero-order chi connectivity index (χ0) is 16.4. The average molecular weight is 567 g/mol. The number of anilines is 1. The van der Waals surface area contributed by atoms with Gasteiger partial charge in [-0.3, -0.25) is 0 Å². The number of para-hydroxylation sites is 1. The average Bonchev–Trinajstić information content (AvgIpc) is 3.00. The van der Waals surface area contributed by atoms with Crippen molar-refractivity contribution in [2.75, 3.05) is 11.9 Å². The summed E-state index contributed by atoms with van der Waals surface area (Å²) < 4.78 is 6.10. The maximum atomic E-state index is 4.53. The van der Waals surface area contributed by atoms with Gasteiger partial charge in [-0.2, -0.15) is 0 Å². The zero-order valence-electron chi connectivity index (χ0n) is 12.0. The van der Waals surface area contributed by atoms with Crippen LogP contribution >= 0.6 is 63.7 Å². The lowest BCUT2D eigenvalue weighted by atomic mass is 10.3. The molecule has 1 heterocycles. The van der Waals surface area contributed by atoms with Crippen molar-refractivity contribution in [3.05, 3.63) is 54.6 Å². The Morgan fingerprint density at radius 3 is 2.35 bits per heavy atom. The molecule has 0 radical (unpaired) electrons. The third-order valence-electron chi connectivity index (χ3n) is 3.51. The number of rotatable bonds is 5. The second-order valence-electron chi connectivity index (χ2n) is 5.04. The fourth-order valence-corrected chi connectivity index (χ4v) is 4.79. The van der Waals surface area contributed by atoms with Crippen LogP contribution in [0, 0.1) is 0 Å². The number of nitrogens with one attached hydrogen (secondary N) is 1. The number of aromatic nitrogens is 2. The monoisotopic (exact) mass is 563 g/mol. The summed E-state index contributed by atoms with van der Waals surface area (Å²) in [5.74, 6) is 0. The first-order valence-electron chi connectivity index (χ1n) is 7.05. The second-order valence-corrected chi connectivity index (χ2v) is 8.21. The van der Waals surface area contributed by atoms with E-state index in [0.29, 0.717) is 0 Å². The Morgan fingerprint density at radius 1 is 0.913 bits per heavy atom. The summed E-state index contributed by atoms with van der Waals surface area (Å²) in [5, 5.41) is 3.43. The SMILES string of the molecule is Brc1c(Br)c(Br)c2c(ncn2CCCNc2ccccc2)c1Br. The number of nitrogens with zero attached hydrogens (tertiary/aromatic N) is 2. The summed E-state index contributed by atoms with van der Waals surface area (Å²) in [5.41, 5.74) is 3.19. The molecule has 0 spiro atoms. The molecule has 3 nitrogen and oxygen atoms in total. The number of benzene rings is 2. The fraction of sp³-hybridized carbons (Fsp3) is 0.188. The summed E-state index contributed by atoms with van der Waals surface area (Å²) in [7, 11) is 0. The molecule has 0 fully saturated rings. The van der Waals surface area contributed by atoms with Crippen LogP contribution in [-0.2, 0) is 6.54 Å². The smallest absolute Gasteiger partial charge is 0.105 e. The number of aryl methyl sites for hydroxylation is 1. The molecule has 2 aromatic carbocycles. The van der Waals surface area contributed by atoms with Crippen molar-refractivity contribution in [3.8, 4) is 0 Å². The number of imidazole rings is 1. The molecule has 0 aliphatic carbocycles. The van der Waals surface area contributed by atoms with Crippen molar-refractivity contribution in [1.82, 2.24) is 9.55 Å². The second kappa shape index (κ2) is 7.68. The third kappa shape index (κ3) is 3.67. The van der Waals surface area contributed by atoms with Crippen molar-refractivity contribution >= 4 is 80.4 Å². The van der Waals surface area contributed by atoms with Crippen LogP contribution in [0.4, 0.5) is 5.69 Å². The molecule has 1 N–H and O–H groups in total. The Morgan fingerprint density at radius 2 is 1.61 bits per heavy atom. The van der Waals surface area contributed by atoms with E-state index in [1.807, 2.05) is 24.5 Å². The van der Waals surface area contributed by atoms with E-state index in [0.717, 1.165) is 54.1 Å². The first kappa shape index (κ1) is 17.5. The lowest BCUT2D eigenvalue weighted by Gasteiger charge is -2.10. The lowest BCUT2D eigenvalue weighted by molar-refractivity contribution is 0.677. The fourth-order valence-electron chi connectivity index (χ4n) is 2.38. The minimum Gasteiger partial charge on any atom is -0.385 e. The molecule has 1 aromatic heterocycles. The largest absolute Gasteiger partial charge is 0.385 e. The van der Waals surface area contributed by atoms with Gasteiger partial charge in [-0.05, 0) is 82.3 Å². The maximum absolute atomic E-state index is 4.53. The van der Waals surface area contributed by atoms with E-state index in [-0.39, 0.29) is 0 Å². The Hall–Kier alpha value is -0.370. The van der Waals surface area contributed by atoms with Crippen LogP contribution in [0.1, 0.15) is 6.42 Å². The van der Waals surface area contributed by atoms with E-state index >= 15 is 0 Å². The van der Waals surface area contributed by atoms with Crippen LogP contribution in [0.25, 0.3) is 11.0 Å². The first-order valence-corrected chi connectivity index (χ1v) is 10.2. The minimum atomic E-state index is 0.898. The van der Waals surface area contributed by atoms with Gasteiger partial charge >= 0.3 is 0 Å². The molecular weight excluding hydrogens is 554 g/mol. The normalized spacial score (nSPS) is 11.1. The number of hydrogen-bond donors (Lipinski definition) is 1. The van der Waals surface area contributed by atoms with E-state index in [1.165, 1.54) is 0 Å². The van der Waals surface area contributed by atoms with Gasteiger partial charge in [0, 0.05) is 27.7 Å².